The maximum absolute atomic E-state index is 13.5. The predicted molar refractivity (Wildman–Crippen MR) is 128 cm³/mol. The third kappa shape index (κ3) is 4.50. The molecule has 2 aromatic carbocycles. The van der Waals surface area contributed by atoms with E-state index in [0.29, 0.717) is 23.5 Å². The minimum absolute atomic E-state index is 0.00819. The molecule has 10 heteroatoms. The van der Waals surface area contributed by atoms with Gasteiger partial charge in [0.05, 0.1) is 37.0 Å². The SMILES string of the molecule is COc1ccc(-c2n[nH]c3c2C(c2cccc([N+](=O)[O-])c2)N(CCCN2CCOCC2)C3=O)cc1. The second kappa shape index (κ2) is 9.85. The van der Waals surface area contributed by atoms with Gasteiger partial charge >= 0.3 is 0 Å². The number of amides is 1. The molecule has 3 heterocycles. The second-order valence-electron chi connectivity index (χ2n) is 8.65. The summed E-state index contributed by atoms with van der Waals surface area (Å²) in [6, 6.07) is 13.5. The van der Waals surface area contributed by atoms with Crippen LogP contribution in [-0.2, 0) is 4.74 Å². The van der Waals surface area contributed by atoms with E-state index < -0.39 is 11.0 Å². The third-order valence-electron chi connectivity index (χ3n) is 6.60. The quantitative estimate of drug-likeness (QED) is 0.391. The van der Waals surface area contributed by atoms with Crippen molar-refractivity contribution in [2.24, 2.45) is 0 Å². The normalized spacial score (nSPS) is 18.0. The van der Waals surface area contributed by atoms with Crippen molar-refractivity contribution in [2.45, 2.75) is 12.5 Å². The van der Waals surface area contributed by atoms with Crippen LogP contribution in [0.1, 0.15) is 34.1 Å². The number of non-ortho nitro benzene ring substituents is 1. The van der Waals surface area contributed by atoms with Gasteiger partial charge in [-0.05, 0) is 36.2 Å². The van der Waals surface area contributed by atoms with E-state index in [0.717, 1.165) is 56.1 Å². The molecule has 10 nitrogen and oxygen atoms in total. The molecule has 1 aromatic heterocycles. The minimum Gasteiger partial charge on any atom is -0.497 e. The van der Waals surface area contributed by atoms with Crippen molar-refractivity contribution in [3.8, 4) is 17.0 Å². The number of methoxy groups -OCH3 is 1. The highest BCUT2D eigenvalue weighted by molar-refractivity contribution is 6.00. The summed E-state index contributed by atoms with van der Waals surface area (Å²) in [6.07, 6.45) is 0.784. The highest BCUT2D eigenvalue weighted by Crippen LogP contribution is 2.43. The molecule has 1 saturated heterocycles. The van der Waals surface area contributed by atoms with Gasteiger partial charge in [0.25, 0.3) is 11.6 Å². The van der Waals surface area contributed by atoms with Gasteiger partial charge in [0, 0.05) is 49.4 Å². The molecule has 1 N–H and O–H groups in total. The van der Waals surface area contributed by atoms with Crippen molar-refractivity contribution in [2.75, 3.05) is 46.5 Å². The number of aromatic nitrogens is 2. The maximum atomic E-state index is 13.5. The number of carbonyl (C=O) groups is 1. The number of nitro benzene ring substituents is 1. The Morgan fingerprint density at radius 2 is 1.94 bits per heavy atom. The van der Waals surface area contributed by atoms with Crippen LogP contribution in [0.5, 0.6) is 5.75 Å². The zero-order chi connectivity index (χ0) is 24.4. The Balaban J connectivity index is 1.50. The molecule has 5 rings (SSSR count). The highest BCUT2D eigenvalue weighted by atomic mass is 16.6. The average molecular weight is 478 g/mol. The summed E-state index contributed by atoms with van der Waals surface area (Å²) < 4.78 is 10.7. The number of benzene rings is 2. The first kappa shape index (κ1) is 23.0. The van der Waals surface area contributed by atoms with E-state index in [-0.39, 0.29) is 11.6 Å². The number of rotatable bonds is 8. The third-order valence-corrected chi connectivity index (χ3v) is 6.60. The van der Waals surface area contributed by atoms with Crippen molar-refractivity contribution < 1.29 is 19.2 Å². The molecule has 0 aliphatic carbocycles. The van der Waals surface area contributed by atoms with Crippen LogP contribution in [0.2, 0.25) is 0 Å². The van der Waals surface area contributed by atoms with E-state index in [1.165, 1.54) is 6.07 Å². The first-order chi connectivity index (χ1) is 17.1. The van der Waals surface area contributed by atoms with E-state index in [1.54, 1.807) is 24.1 Å². The predicted octanol–water partition coefficient (Wildman–Crippen LogP) is 3.26. The molecular formula is C25H27N5O5. The number of hydrogen-bond acceptors (Lipinski definition) is 7. The Hall–Kier alpha value is -3.76. The summed E-state index contributed by atoms with van der Waals surface area (Å²) in [7, 11) is 1.60. The number of fused-ring (bicyclic) bond motifs is 1. The fraction of sp³-hybridized carbons (Fsp3) is 0.360. The number of nitrogens with zero attached hydrogens (tertiary/aromatic N) is 4. The van der Waals surface area contributed by atoms with E-state index >= 15 is 0 Å². The van der Waals surface area contributed by atoms with Crippen LogP contribution in [0, 0.1) is 10.1 Å². The Labute approximate surface area is 202 Å². The first-order valence-electron chi connectivity index (χ1n) is 11.6. The van der Waals surface area contributed by atoms with Crippen molar-refractivity contribution in [3.63, 3.8) is 0 Å². The molecule has 0 radical (unpaired) electrons. The Morgan fingerprint density at radius 1 is 1.17 bits per heavy atom. The van der Waals surface area contributed by atoms with Gasteiger partial charge in [0.2, 0.25) is 0 Å². The lowest BCUT2D eigenvalue weighted by Crippen LogP contribution is -2.38. The number of H-pyrrole nitrogens is 1. The molecule has 0 bridgehead atoms. The van der Waals surface area contributed by atoms with E-state index in [2.05, 4.69) is 15.1 Å². The van der Waals surface area contributed by atoms with E-state index in [1.807, 2.05) is 30.3 Å². The van der Waals surface area contributed by atoms with Gasteiger partial charge in [-0.2, -0.15) is 5.10 Å². The lowest BCUT2D eigenvalue weighted by Gasteiger charge is -2.29. The molecule has 0 spiro atoms. The van der Waals surface area contributed by atoms with Crippen molar-refractivity contribution >= 4 is 11.6 Å². The molecule has 0 saturated carbocycles. The smallest absolute Gasteiger partial charge is 0.273 e. The summed E-state index contributed by atoms with van der Waals surface area (Å²) in [5.41, 5.74) is 3.34. The number of nitrogens with one attached hydrogen (secondary N) is 1. The van der Waals surface area contributed by atoms with Crippen LogP contribution in [0.3, 0.4) is 0 Å². The highest BCUT2D eigenvalue weighted by Gasteiger charge is 2.42. The van der Waals surface area contributed by atoms with Gasteiger partial charge in [0.15, 0.2) is 0 Å². The van der Waals surface area contributed by atoms with Crippen LogP contribution < -0.4 is 4.74 Å². The Kier molecular flexibility index (Phi) is 6.47. The summed E-state index contributed by atoms with van der Waals surface area (Å²) >= 11 is 0. The topological polar surface area (TPSA) is 114 Å². The molecule has 1 fully saturated rings. The number of ether oxygens (including phenoxy) is 2. The maximum Gasteiger partial charge on any atom is 0.273 e. The summed E-state index contributed by atoms with van der Waals surface area (Å²) in [6.45, 7) is 4.58. The largest absolute Gasteiger partial charge is 0.497 e. The first-order valence-corrected chi connectivity index (χ1v) is 11.6. The zero-order valence-electron chi connectivity index (χ0n) is 19.5. The molecule has 35 heavy (non-hydrogen) atoms. The van der Waals surface area contributed by atoms with Gasteiger partial charge in [-0.3, -0.25) is 24.9 Å². The van der Waals surface area contributed by atoms with Crippen LogP contribution in [-0.4, -0.2) is 77.3 Å². The fourth-order valence-electron chi connectivity index (χ4n) is 4.84. The number of morpholine rings is 1. The van der Waals surface area contributed by atoms with Crippen molar-refractivity contribution in [1.82, 2.24) is 20.0 Å². The lowest BCUT2D eigenvalue weighted by molar-refractivity contribution is -0.384. The van der Waals surface area contributed by atoms with Gasteiger partial charge in [-0.15, -0.1) is 0 Å². The number of aromatic amines is 1. The molecule has 182 valence electrons. The summed E-state index contributed by atoms with van der Waals surface area (Å²) in [4.78, 5) is 28.7. The summed E-state index contributed by atoms with van der Waals surface area (Å²) in [5, 5.41) is 18.9. The lowest BCUT2D eigenvalue weighted by atomic mass is 9.95. The number of nitro groups is 1. The van der Waals surface area contributed by atoms with Crippen LogP contribution >= 0.6 is 0 Å². The van der Waals surface area contributed by atoms with Crippen molar-refractivity contribution in [3.05, 3.63) is 75.5 Å². The van der Waals surface area contributed by atoms with Crippen LogP contribution in [0.4, 0.5) is 5.69 Å². The molecule has 1 atom stereocenters. The second-order valence-corrected chi connectivity index (χ2v) is 8.65. The number of hydrogen-bond donors (Lipinski definition) is 1. The summed E-state index contributed by atoms with van der Waals surface area (Å²) in [5.74, 6) is 0.572. The van der Waals surface area contributed by atoms with Crippen LogP contribution in [0.15, 0.2) is 48.5 Å². The monoisotopic (exact) mass is 477 g/mol. The number of carbonyl (C=O) groups excluding carboxylic acids is 1. The minimum atomic E-state index is -0.474. The molecule has 1 unspecified atom stereocenters. The average Bonchev–Trinajstić information content (AvgIpc) is 3.44. The van der Waals surface area contributed by atoms with Gasteiger partial charge in [-0.25, -0.2) is 0 Å². The molecule has 2 aliphatic rings. The Bertz CT molecular complexity index is 1220. The van der Waals surface area contributed by atoms with Gasteiger partial charge in [0.1, 0.15) is 11.4 Å². The molecule has 2 aliphatic heterocycles. The molecular weight excluding hydrogens is 450 g/mol. The van der Waals surface area contributed by atoms with Crippen molar-refractivity contribution in [1.29, 1.82) is 0 Å². The zero-order valence-corrected chi connectivity index (χ0v) is 19.5. The van der Waals surface area contributed by atoms with Gasteiger partial charge < -0.3 is 14.4 Å². The molecule has 1 amide bonds. The Morgan fingerprint density at radius 3 is 2.66 bits per heavy atom. The standard InChI is InChI=1S/C25H27N5O5/c1-34-20-8-6-17(7-9-20)22-21-23(27-26-22)25(31)29(11-3-10-28-12-14-35-15-13-28)24(21)18-4-2-5-19(16-18)30(32)33/h2,4-9,16,24H,3,10-15H2,1H3,(H,26,27). The van der Waals surface area contributed by atoms with E-state index in [4.69, 9.17) is 9.47 Å². The van der Waals surface area contributed by atoms with Gasteiger partial charge in [-0.1, -0.05) is 12.1 Å². The fourth-order valence-corrected chi connectivity index (χ4v) is 4.84. The van der Waals surface area contributed by atoms with E-state index in [9.17, 15) is 14.9 Å². The van der Waals surface area contributed by atoms with Crippen LogP contribution in [0.25, 0.3) is 11.3 Å². The molecule has 3 aromatic rings.